The fourth-order valence-electron chi connectivity index (χ4n) is 3.11. The van der Waals surface area contributed by atoms with Gasteiger partial charge < -0.3 is 14.8 Å². The first-order valence-corrected chi connectivity index (χ1v) is 8.02. The van der Waals surface area contributed by atoms with E-state index in [1.54, 1.807) is 24.8 Å². The molecule has 3 heterocycles. The Morgan fingerprint density at radius 2 is 2.09 bits per heavy atom. The third kappa shape index (κ3) is 2.78. The van der Waals surface area contributed by atoms with E-state index in [0.717, 1.165) is 17.9 Å². The molecule has 1 aliphatic carbocycles. The van der Waals surface area contributed by atoms with Crippen LogP contribution >= 0.6 is 0 Å². The Hall–Kier alpha value is -2.44. The van der Waals surface area contributed by atoms with Gasteiger partial charge in [0.2, 0.25) is 11.9 Å². The first-order valence-electron chi connectivity index (χ1n) is 8.02. The van der Waals surface area contributed by atoms with Crippen LogP contribution in [0.25, 0.3) is 0 Å². The number of hydrogen-bond donors (Lipinski definition) is 1. The van der Waals surface area contributed by atoms with Gasteiger partial charge in [-0.15, -0.1) is 0 Å². The molecule has 0 spiro atoms. The van der Waals surface area contributed by atoms with Gasteiger partial charge in [-0.1, -0.05) is 0 Å². The molecular weight excluding hydrogens is 292 g/mol. The predicted octanol–water partition coefficient (Wildman–Crippen LogP) is 0.840. The van der Waals surface area contributed by atoms with Crippen molar-refractivity contribution in [2.45, 2.75) is 25.3 Å². The van der Waals surface area contributed by atoms with Crippen LogP contribution in [0, 0.1) is 5.92 Å². The van der Waals surface area contributed by atoms with Crippen LogP contribution in [0.2, 0.25) is 0 Å². The van der Waals surface area contributed by atoms with Gasteiger partial charge in [0.15, 0.2) is 0 Å². The fourth-order valence-corrected chi connectivity index (χ4v) is 3.11. The maximum absolute atomic E-state index is 12.7. The third-order valence-corrected chi connectivity index (χ3v) is 4.55. The first-order chi connectivity index (χ1) is 11.2. The smallest absolute Gasteiger partial charge is 0.230 e. The highest BCUT2D eigenvalue weighted by atomic mass is 16.1. The van der Waals surface area contributed by atoms with Crippen LogP contribution in [0.15, 0.2) is 24.8 Å². The number of nitrogens with zero attached hydrogens (tertiary/aromatic N) is 5. The summed E-state index contributed by atoms with van der Waals surface area (Å²) in [5.41, 5.74) is 1.93. The highest BCUT2D eigenvalue weighted by Crippen LogP contribution is 2.31. The molecule has 1 saturated carbocycles. The van der Waals surface area contributed by atoms with E-state index in [1.807, 2.05) is 16.5 Å². The zero-order chi connectivity index (χ0) is 15.8. The molecule has 1 aliphatic heterocycles. The first kappa shape index (κ1) is 14.2. The molecule has 0 saturated heterocycles. The summed E-state index contributed by atoms with van der Waals surface area (Å²) in [7, 11) is 1.95. The maximum atomic E-state index is 12.7. The monoisotopic (exact) mass is 312 g/mol. The molecule has 7 nitrogen and oxygen atoms in total. The number of amides is 1. The molecule has 23 heavy (non-hydrogen) atoms. The van der Waals surface area contributed by atoms with Gasteiger partial charge in [0.05, 0.1) is 30.2 Å². The van der Waals surface area contributed by atoms with Crippen molar-refractivity contribution in [2.24, 2.45) is 13.0 Å². The normalized spacial score (nSPS) is 20.2. The highest BCUT2D eigenvalue weighted by Gasteiger charge is 2.35. The molecule has 1 amide bonds. The van der Waals surface area contributed by atoms with Gasteiger partial charge in [-0.2, -0.15) is 0 Å². The van der Waals surface area contributed by atoms with Crippen LogP contribution in [0.1, 0.15) is 30.1 Å². The summed E-state index contributed by atoms with van der Waals surface area (Å²) in [5, 5.41) is 3.10. The number of aryl methyl sites for hydroxylation is 1. The lowest BCUT2D eigenvalue weighted by molar-refractivity contribution is -0.122. The van der Waals surface area contributed by atoms with E-state index in [4.69, 9.17) is 0 Å². The van der Waals surface area contributed by atoms with Crippen LogP contribution in [-0.4, -0.2) is 38.5 Å². The Labute approximate surface area is 134 Å². The van der Waals surface area contributed by atoms with Crippen molar-refractivity contribution in [3.63, 3.8) is 0 Å². The standard InChI is InChI=1S/C16H20N6O/c1-21-10-20-13-9-22(16-17-5-2-6-18-16)8-12(14(13)21)15(23)19-7-11-3-4-11/h2,5-6,10-12H,3-4,7-9H2,1H3,(H,19,23). The third-order valence-electron chi connectivity index (χ3n) is 4.55. The minimum absolute atomic E-state index is 0.0716. The van der Waals surface area contributed by atoms with Gasteiger partial charge in [-0.3, -0.25) is 4.79 Å². The minimum Gasteiger partial charge on any atom is -0.355 e. The van der Waals surface area contributed by atoms with Gasteiger partial charge in [0.1, 0.15) is 0 Å². The van der Waals surface area contributed by atoms with E-state index < -0.39 is 0 Å². The minimum atomic E-state index is -0.242. The summed E-state index contributed by atoms with van der Waals surface area (Å²) in [4.78, 5) is 27.8. The van der Waals surface area contributed by atoms with E-state index in [0.29, 0.717) is 25.0 Å². The number of anilines is 1. The predicted molar refractivity (Wildman–Crippen MR) is 84.8 cm³/mol. The van der Waals surface area contributed by atoms with Gasteiger partial charge in [0, 0.05) is 32.5 Å². The van der Waals surface area contributed by atoms with Crippen molar-refractivity contribution in [3.05, 3.63) is 36.2 Å². The molecule has 0 aromatic carbocycles. The molecular formula is C16H20N6O. The Bertz CT molecular complexity index is 709. The van der Waals surface area contributed by atoms with Gasteiger partial charge in [-0.05, 0) is 24.8 Å². The van der Waals surface area contributed by atoms with Crippen LogP contribution in [-0.2, 0) is 18.4 Å². The lowest BCUT2D eigenvalue weighted by Crippen LogP contribution is -2.43. The molecule has 0 bridgehead atoms. The summed E-state index contributed by atoms with van der Waals surface area (Å²) < 4.78 is 1.96. The number of fused-ring (bicyclic) bond motifs is 1. The molecule has 2 aromatic rings. The molecule has 0 radical (unpaired) electrons. The van der Waals surface area contributed by atoms with Crippen molar-refractivity contribution in [2.75, 3.05) is 18.0 Å². The van der Waals surface area contributed by atoms with Crippen LogP contribution in [0.4, 0.5) is 5.95 Å². The van der Waals surface area contributed by atoms with E-state index in [9.17, 15) is 4.79 Å². The lowest BCUT2D eigenvalue weighted by atomic mass is 9.97. The summed E-state index contributed by atoms with van der Waals surface area (Å²) in [5.74, 6) is 1.14. The van der Waals surface area contributed by atoms with E-state index >= 15 is 0 Å². The summed E-state index contributed by atoms with van der Waals surface area (Å²) in [6, 6.07) is 1.79. The van der Waals surface area contributed by atoms with Crippen LogP contribution < -0.4 is 10.2 Å². The zero-order valence-corrected chi connectivity index (χ0v) is 13.1. The molecule has 2 aromatic heterocycles. The number of nitrogens with one attached hydrogen (secondary N) is 1. The summed E-state index contributed by atoms with van der Waals surface area (Å²) >= 11 is 0. The number of hydrogen-bond acceptors (Lipinski definition) is 5. The van der Waals surface area contributed by atoms with Crippen molar-refractivity contribution in [3.8, 4) is 0 Å². The van der Waals surface area contributed by atoms with Crippen LogP contribution in [0.5, 0.6) is 0 Å². The number of rotatable bonds is 4. The number of aromatic nitrogens is 4. The van der Waals surface area contributed by atoms with Gasteiger partial charge >= 0.3 is 0 Å². The maximum Gasteiger partial charge on any atom is 0.230 e. The van der Waals surface area contributed by atoms with Crippen molar-refractivity contribution < 1.29 is 4.79 Å². The number of carbonyl (C=O) groups excluding carboxylic acids is 1. The fraction of sp³-hybridized carbons (Fsp3) is 0.500. The topological polar surface area (TPSA) is 75.9 Å². The number of imidazole rings is 1. The van der Waals surface area contributed by atoms with E-state index in [1.165, 1.54) is 12.8 Å². The molecule has 2 aliphatic rings. The molecule has 1 atom stereocenters. The Morgan fingerprint density at radius 3 is 2.83 bits per heavy atom. The SMILES string of the molecule is Cn1cnc2c1C(C(=O)NCC1CC1)CN(c1ncccn1)C2. The molecule has 4 rings (SSSR count). The second-order valence-corrected chi connectivity index (χ2v) is 6.36. The van der Waals surface area contributed by atoms with Crippen molar-refractivity contribution in [1.29, 1.82) is 0 Å². The van der Waals surface area contributed by atoms with E-state index in [-0.39, 0.29) is 11.8 Å². The van der Waals surface area contributed by atoms with Gasteiger partial charge in [-0.25, -0.2) is 15.0 Å². The molecule has 120 valence electrons. The van der Waals surface area contributed by atoms with E-state index in [2.05, 4.69) is 20.3 Å². The second kappa shape index (κ2) is 5.64. The highest BCUT2D eigenvalue weighted by molar-refractivity contribution is 5.84. The summed E-state index contributed by atoms with van der Waals surface area (Å²) in [6.45, 7) is 1.99. The average molecular weight is 312 g/mol. The Balaban J connectivity index is 1.60. The number of carbonyl (C=O) groups is 1. The second-order valence-electron chi connectivity index (χ2n) is 6.36. The van der Waals surface area contributed by atoms with Gasteiger partial charge in [0.25, 0.3) is 0 Å². The molecule has 7 heteroatoms. The van der Waals surface area contributed by atoms with Crippen LogP contribution in [0.3, 0.4) is 0 Å². The largest absolute Gasteiger partial charge is 0.355 e. The average Bonchev–Trinajstić information content (AvgIpc) is 3.35. The Kier molecular flexibility index (Phi) is 3.48. The van der Waals surface area contributed by atoms with Crippen molar-refractivity contribution >= 4 is 11.9 Å². The zero-order valence-electron chi connectivity index (χ0n) is 13.1. The summed E-state index contributed by atoms with van der Waals surface area (Å²) in [6.07, 6.45) is 7.68. The molecule has 1 fully saturated rings. The molecule has 1 unspecified atom stereocenters. The molecule has 1 N–H and O–H groups in total. The quantitative estimate of drug-likeness (QED) is 0.905. The Morgan fingerprint density at radius 1 is 1.30 bits per heavy atom. The van der Waals surface area contributed by atoms with Crippen molar-refractivity contribution in [1.82, 2.24) is 24.8 Å². The lowest BCUT2D eigenvalue weighted by Gasteiger charge is -2.32.